The zero-order valence-corrected chi connectivity index (χ0v) is 14.7. The summed E-state index contributed by atoms with van der Waals surface area (Å²) in [7, 11) is 1.97. The van der Waals surface area contributed by atoms with Gasteiger partial charge in [0.2, 0.25) is 0 Å². The molecule has 0 atom stereocenters. The van der Waals surface area contributed by atoms with E-state index in [0.29, 0.717) is 13.0 Å². The van der Waals surface area contributed by atoms with Crippen molar-refractivity contribution in [3.8, 4) is 10.4 Å². The summed E-state index contributed by atoms with van der Waals surface area (Å²) < 4.78 is 4.95. The maximum Gasteiger partial charge on any atom is 0.305 e. The molecular weight excluding hydrogens is 306 g/mol. The summed E-state index contributed by atoms with van der Waals surface area (Å²) in [5, 5.41) is 3.30. The monoisotopic (exact) mass is 331 g/mol. The molecule has 1 aromatic carbocycles. The van der Waals surface area contributed by atoms with E-state index in [2.05, 4.69) is 35.6 Å². The molecule has 0 aliphatic heterocycles. The number of nitrogens with one attached hydrogen (secondary N) is 1. The van der Waals surface area contributed by atoms with Gasteiger partial charge in [0, 0.05) is 28.9 Å². The summed E-state index contributed by atoms with van der Waals surface area (Å²) in [5.41, 5.74) is 2.49. The molecule has 0 saturated carbocycles. The summed E-state index contributed by atoms with van der Waals surface area (Å²) in [6.07, 6.45) is 4.65. The highest BCUT2D eigenvalue weighted by Crippen LogP contribution is 2.35. The average Bonchev–Trinajstić information content (AvgIpc) is 2.99. The quantitative estimate of drug-likeness (QED) is 0.512. The summed E-state index contributed by atoms with van der Waals surface area (Å²) in [5.74, 6) is -0.0779. The maximum absolute atomic E-state index is 11.3. The van der Waals surface area contributed by atoms with Gasteiger partial charge in [0.15, 0.2) is 0 Å². The van der Waals surface area contributed by atoms with Crippen molar-refractivity contribution in [1.29, 1.82) is 0 Å². The minimum atomic E-state index is -0.0779. The summed E-state index contributed by atoms with van der Waals surface area (Å²) in [6.45, 7) is 2.32. The predicted molar refractivity (Wildman–Crippen MR) is 98.1 cm³/mol. The molecule has 0 spiro atoms. The molecule has 1 N–H and O–H groups in total. The van der Waals surface area contributed by atoms with Crippen molar-refractivity contribution in [2.75, 3.05) is 19.0 Å². The zero-order valence-electron chi connectivity index (χ0n) is 13.9. The molecular formula is C19H25NO2S. The zero-order chi connectivity index (χ0) is 16.5. The molecule has 124 valence electrons. The number of carbonyl (C=O) groups excluding carboxylic acids is 1. The molecule has 3 nitrogen and oxygen atoms in total. The molecule has 0 radical (unpaired) electrons. The Labute approximate surface area is 142 Å². The number of ether oxygens (including phenoxy) is 1. The molecule has 0 amide bonds. The Morgan fingerprint density at radius 3 is 2.65 bits per heavy atom. The maximum atomic E-state index is 11.3. The predicted octanol–water partition coefficient (Wildman–Crippen LogP) is 5.12. The van der Waals surface area contributed by atoms with Gasteiger partial charge in [-0.25, -0.2) is 0 Å². The second kappa shape index (κ2) is 9.36. The molecule has 0 unspecified atom stereocenters. The molecule has 1 aromatic heterocycles. The first-order valence-electron chi connectivity index (χ1n) is 8.26. The highest BCUT2D eigenvalue weighted by Gasteiger charge is 2.09. The lowest BCUT2D eigenvalue weighted by Crippen LogP contribution is -2.03. The van der Waals surface area contributed by atoms with Crippen molar-refractivity contribution >= 4 is 23.0 Å². The van der Waals surface area contributed by atoms with E-state index >= 15 is 0 Å². The van der Waals surface area contributed by atoms with Gasteiger partial charge in [0.25, 0.3) is 0 Å². The van der Waals surface area contributed by atoms with Crippen LogP contribution >= 0.6 is 11.3 Å². The van der Waals surface area contributed by atoms with Crippen molar-refractivity contribution in [2.45, 2.75) is 39.0 Å². The largest absolute Gasteiger partial charge is 0.466 e. The fourth-order valence-corrected chi connectivity index (χ4v) is 3.75. The molecule has 0 bridgehead atoms. The summed E-state index contributed by atoms with van der Waals surface area (Å²) in [4.78, 5) is 14.0. The molecule has 0 fully saturated rings. The van der Waals surface area contributed by atoms with Gasteiger partial charge < -0.3 is 10.1 Å². The fourth-order valence-electron chi connectivity index (χ4n) is 2.54. The second-order valence-corrected chi connectivity index (χ2v) is 6.57. The SMILES string of the molecule is CCOC(=O)CCCCCc1sc(-c2ccccc2)cc1NC. The van der Waals surface area contributed by atoms with Crippen LogP contribution in [-0.2, 0) is 16.0 Å². The third kappa shape index (κ3) is 5.39. The van der Waals surface area contributed by atoms with Crippen LogP contribution in [0.4, 0.5) is 5.69 Å². The van der Waals surface area contributed by atoms with E-state index in [-0.39, 0.29) is 5.97 Å². The Balaban J connectivity index is 1.85. The number of thiophene rings is 1. The van der Waals surface area contributed by atoms with E-state index in [1.54, 1.807) is 0 Å². The minimum Gasteiger partial charge on any atom is -0.466 e. The van der Waals surface area contributed by atoms with Gasteiger partial charge in [-0.2, -0.15) is 0 Å². The van der Waals surface area contributed by atoms with Gasteiger partial charge in [0.1, 0.15) is 0 Å². The van der Waals surface area contributed by atoms with Crippen LogP contribution in [0.25, 0.3) is 10.4 Å². The van der Waals surface area contributed by atoms with Gasteiger partial charge in [-0.1, -0.05) is 36.8 Å². The molecule has 23 heavy (non-hydrogen) atoms. The number of hydrogen-bond acceptors (Lipinski definition) is 4. The lowest BCUT2D eigenvalue weighted by atomic mass is 10.1. The first kappa shape index (κ1) is 17.5. The molecule has 1 heterocycles. The van der Waals surface area contributed by atoms with Crippen molar-refractivity contribution in [2.24, 2.45) is 0 Å². The van der Waals surface area contributed by atoms with Gasteiger partial charge in [-0.15, -0.1) is 11.3 Å². The average molecular weight is 331 g/mol. The number of anilines is 1. The third-order valence-corrected chi connectivity index (χ3v) is 4.97. The lowest BCUT2D eigenvalue weighted by molar-refractivity contribution is -0.143. The van der Waals surface area contributed by atoms with Crippen LogP contribution in [0.5, 0.6) is 0 Å². The first-order chi connectivity index (χ1) is 11.2. The second-order valence-electron chi connectivity index (χ2n) is 5.43. The lowest BCUT2D eigenvalue weighted by Gasteiger charge is -2.03. The van der Waals surface area contributed by atoms with E-state index in [1.165, 1.54) is 21.0 Å². The Morgan fingerprint density at radius 1 is 1.17 bits per heavy atom. The normalized spacial score (nSPS) is 10.5. The smallest absolute Gasteiger partial charge is 0.305 e. The van der Waals surface area contributed by atoms with Crippen LogP contribution < -0.4 is 5.32 Å². The van der Waals surface area contributed by atoms with Crippen LogP contribution in [-0.4, -0.2) is 19.6 Å². The number of aryl methyl sites for hydroxylation is 1. The van der Waals surface area contributed by atoms with Crippen LogP contribution in [0.15, 0.2) is 36.4 Å². The standard InChI is InChI=1S/C19H25NO2S/c1-3-22-19(21)13-9-5-8-12-17-16(20-2)14-18(23-17)15-10-6-4-7-11-15/h4,6-7,10-11,14,20H,3,5,8-9,12-13H2,1-2H3. The fraction of sp³-hybridized carbons (Fsp3) is 0.421. The number of unbranched alkanes of at least 4 members (excludes halogenated alkanes) is 2. The van der Waals surface area contributed by atoms with Crippen LogP contribution in [0.1, 0.15) is 37.5 Å². The number of rotatable bonds is 9. The molecule has 0 aliphatic carbocycles. The molecule has 0 aliphatic rings. The van der Waals surface area contributed by atoms with Crippen molar-refractivity contribution in [3.05, 3.63) is 41.3 Å². The van der Waals surface area contributed by atoms with E-state index in [1.807, 2.05) is 31.4 Å². The van der Waals surface area contributed by atoms with Gasteiger partial charge >= 0.3 is 5.97 Å². The molecule has 2 aromatic rings. The molecule has 2 rings (SSSR count). The third-order valence-electron chi connectivity index (χ3n) is 3.73. The van der Waals surface area contributed by atoms with Crippen molar-refractivity contribution in [1.82, 2.24) is 0 Å². The van der Waals surface area contributed by atoms with E-state index in [0.717, 1.165) is 25.7 Å². The summed E-state index contributed by atoms with van der Waals surface area (Å²) >= 11 is 1.86. The minimum absolute atomic E-state index is 0.0779. The van der Waals surface area contributed by atoms with Gasteiger partial charge in [-0.05, 0) is 37.8 Å². The van der Waals surface area contributed by atoms with E-state index in [9.17, 15) is 4.79 Å². The van der Waals surface area contributed by atoms with Crippen molar-refractivity contribution in [3.63, 3.8) is 0 Å². The number of benzene rings is 1. The molecule has 4 heteroatoms. The number of hydrogen-bond donors (Lipinski definition) is 1. The van der Waals surface area contributed by atoms with Crippen LogP contribution in [0, 0.1) is 0 Å². The van der Waals surface area contributed by atoms with Crippen LogP contribution in [0.2, 0.25) is 0 Å². The van der Waals surface area contributed by atoms with Gasteiger partial charge in [-0.3, -0.25) is 4.79 Å². The number of carbonyl (C=O) groups is 1. The Hall–Kier alpha value is -1.81. The molecule has 0 saturated heterocycles. The Bertz CT molecular complexity index is 607. The highest BCUT2D eigenvalue weighted by atomic mass is 32.1. The Morgan fingerprint density at radius 2 is 1.96 bits per heavy atom. The van der Waals surface area contributed by atoms with Crippen molar-refractivity contribution < 1.29 is 9.53 Å². The first-order valence-corrected chi connectivity index (χ1v) is 9.07. The topological polar surface area (TPSA) is 38.3 Å². The Kier molecular flexibility index (Phi) is 7.14. The highest BCUT2D eigenvalue weighted by molar-refractivity contribution is 7.16. The summed E-state index contributed by atoms with van der Waals surface area (Å²) in [6, 6.07) is 12.7. The van der Waals surface area contributed by atoms with Gasteiger partial charge in [0.05, 0.1) is 6.61 Å². The van der Waals surface area contributed by atoms with E-state index in [4.69, 9.17) is 4.74 Å². The van der Waals surface area contributed by atoms with E-state index < -0.39 is 0 Å². The number of esters is 1. The van der Waals surface area contributed by atoms with Crippen LogP contribution in [0.3, 0.4) is 0 Å².